The molecule has 0 saturated heterocycles. The maximum absolute atomic E-state index is 9.23. The molecular weight excluding hydrogens is 282 g/mol. The van der Waals surface area contributed by atoms with Crippen molar-refractivity contribution in [3.63, 3.8) is 0 Å². The zero-order valence-electron chi connectivity index (χ0n) is 12.3. The van der Waals surface area contributed by atoms with Crippen LogP contribution in [0.5, 0.6) is 0 Å². The molecule has 0 atom stereocenters. The molecule has 1 aromatic heterocycles. The molecule has 4 heteroatoms. The summed E-state index contributed by atoms with van der Waals surface area (Å²) in [6.45, 7) is 3.31. The van der Waals surface area contributed by atoms with Crippen molar-refractivity contribution >= 4 is 22.6 Å². The lowest BCUT2D eigenvalue weighted by Gasteiger charge is -2.27. The minimum atomic E-state index is 0.392. The second-order valence-corrected chi connectivity index (χ2v) is 6.45. The average Bonchev–Trinajstić information content (AvgIpc) is 2.87. The number of alkyl halides is 1. The van der Waals surface area contributed by atoms with Gasteiger partial charge in [0.05, 0.1) is 17.0 Å². The van der Waals surface area contributed by atoms with Gasteiger partial charge in [-0.3, -0.25) is 0 Å². The molecule has 0 N–H and O–H groups in total. The van der Waals surface area contributed by atoms with E-state index in [1.54, 1.807) is 0 Å². The molecular formula is C17H20ClN3. The second kappa shape index (κ2) is 6.07. The van der Waals surface area contributed by atoms with Gasteiger partial charge in [0.25, 0.3) is 0 Å². The fourth-order valence-electron chi connectivity index (χ4n) is 3.36. The highest BCUT2D eigenvalue weighted by Gasteiger charge is 2.21. The minimum absolute atomic E-state index is 0.392. The summed E-state index contributed by atoms with van der Waals surface area (Å²) in [4.78, 5) is 4.59. The predicted molar refractivity (Wildman–Crippen MR) is 85.1 cm³/mol. The number of fused-ring (bicyclic) bond motifs is 1. The third kappa shape index (κ3) is 2.78. The number of nitriles is 1. The lowest BCUT2D eigenvalue weighted by molar-refractivity contribution is 0.265. The van der Waals surface area contributed by atoms with Gasteiger partial charge in [0, 0.05) is 6.54 Å². The van der Waals surface area contributed by atoms with Crippen molar-refractivity contribution in [2.75, 3.05) is 0 Å². The quantitative estimate of drug-likeness (QED) is 0.785. The summed E-state index contributed by atoms with van der Waals surface area (Å²) >= 11 is 6.07. The van der Waals surface area contributed by atoms with Gasteiger partial charge < -0.3 is 4.57 Å². The molecule has 1 saturated carbocycles. The molecule has 3 nitrogen and oxygen atoms in total. The van der Waals surface area contributed by atoms with Crippen molar-refractivity contribution < 1.29 is 0 Å². The van der Waals surface area contributed by atoms with Gasteiger partial charge in [-0.15, -0.1) is 11.6 Å². The van der Waals surface area contributed by atoms with E-state index in [-0.39, 0.29) is 0 Å². The van der Waals surface area contributed by atoms with Gasteiger partial charge in [0.1, 0.15) is 17.4 Å². The van der Waals surface area contributed by atoms with Crippen molar-refractivity contribution in [3.05, 3.63) is 29.6 Å². The van der Waals surface area contributed by atoms with Crippen LogP contribution in [0.4, 0.5) is 0 Å². The summed E-state index contributed by atoms with van der Waals surface area (Å²) in [7, 11) is 0. The van der Waals surface area contributed by atoms with E-state index < -0.39 is 0 Å². The van der Waals surface area contributed by atoms with Crippen LogP contribution in [0.1, 0.15) is 44.0 Å². The lowest BCUT2D eigenvalue weighted by Crippen LogP contribution is -2.18. The van der Waals surface area contributed by atoms with Gasteiger partial charge in [0.2, 0.25) is 0 Å². The third-order valence-electron chi connectivity index (χ3n) is 4.67. The largest absolute Gasteiger partial charge is 0.327 e. The average molecular weight is 302 g/mol. The fraction of sp³-hybridized carbons (Fsp3) is 0.529. The highest BCUT2D eigenvalue weighted by atomic mass is 35.5. The normalized spacial score (nSPS) is 22.3. The number of aromatic nitrogens is 2. The van der Waals surface area contributed by atoms with Crippen LogP contribution in [0, 0.1) is 23.2 Å². The monoisotopic (exact) mass is 301 g/mol. The molecule has 1 heterocycles. The molecule has 2 aromatic rings. The van der Waals surface area contributed by atoms with E-state index in [1.807, 2.05) is 18.2 Å². The topological polar surface area (TPSA) is 41.6 Å². The van der Waals surface area contributed by atoms with Crippen LogP contribution >= 0.6 is 11.6 Å². The molecule has 1 aromatic carbocycles. The maximum atomic E-state index is 9.23. The van der Waals surface area contributed by atoms with Crippen molar-refractivity contribution in [3.8, 4) is 6.07 Å². The maximum Gasteiger partial charge on any atom is 0.124 e. The fourth-order valence-corrected chi connectivity index (χ4v) is 3.56. The molecule has 0 spiro atoms. The Balaban J connectivity index is 1.95. The first kappa shape index (κ1) is 14.4. The highest BCUT2D eigenvalue weighted by molar-refractivity contribution is 6.16. The predicted octanol–water partition coefficient (Wildman–Crippen LogP) is 4.47. The Morgan fingerprint density at radius 3 is 2.76 bits per heavy atom. The Hall–Kier alpha value is -1.53. The number of imidazole rings is 1. The van der Waals surface area contributed by atoms with Crippen LogP contribution in [-0.4, -0.2) is 9.55 Å². The summed E-state index contributed by atoms with van der Waals surface area (Å²) < 4.78 is 2.23. The Morgan fingerprint density at radius 1 is 1.33 bits per heavy atom. The summed E-state index contributed by atoms with van der Waals surface area (Å²) in [5.74, 6) is 2.83. The number of hydrogen-bond donors (Lipinski definition) is 0. The summed E-state index contributed by atoms with van der Waals surface area (Å²) in [5.41, 5.74) is 2.47. The van der Waals surface area contributed by atoms with Crippen LogP contribution in [0.15, 0.2) is 18.2 Å². The third-order valence-corrected chi connectivity index (χ3v) is 4.91. The number of halogens is 1. The number of rotatable bonds is 3. The highest BCUT2D eigenvalue weighted by Crippen LogP contribution is 2.31. The molecule has 0 unspecified atom stereocenters. The van der Waals surface area contributed by atoms with E-state index in [0.717, 1.165) is 29.3 Å². The SMILES string of the molecule is CC1CCC(Cn2c(CCl)nc3c(C#N)cccc32)CC1. The zero-order valence-corrected chi connectivity index (χ0v) is 13.1. The van der Waals surface area contributed by atoms with Gasteiger partial charge >= 0.3 is 0 Å². The standard InChI is InChI=1S/C17H20ClN3/c1-12-5-7-13(8-6-12)11-21-15-4-2-3-14(10-19)17(15)20-16(21)9-18/h2-4,12-13H,5-9,11H2,1H3. The van der Waals surface area contributed by atoms with Gasteiger partial charge in [0.15, 0.2) is 0 Å². The van der Waals surface area contributed by atoms with Crippen LogP contribution in [-0.2, 0) is 12.4 Å². The molecule has 1 aliphatic carbocycles. The minimum Gasteiger partial charge on any atom is -0.327 e. The molecule has 110 valence electrons. The van der Waals surface area contributed by atoms with Gasteiger partial charge in [-0.05, 0) is 36.8 Å². The number of para-hydroxylation sites is 1. The van der Waals surface area contributed by atoms with E-state index >= 15 is 0 Å². The van der Waals surface area contributed by atoms with E-state index in [1.165, 1.54) is 25.7 Å². The van der Waals surface area contributed by atoms with Crippen LogP contribution in [0.25, 0.3) is 11.0 Å². The van der Waals surface area contributed by atoms with Gasteiger partial charge in [-0.2, -0.15) is 5.26 Å². The Bertz CT molecular complexity index is 675. The Kier molecular flexibility index (Phi) is 4.17. The van der Waals surface area contributed by atoms with Crippen molar-refractivity contribution in [2.45, 2.75) is 45.0 Å². The molecule has 21 heavy (non-hydrogen) atoms. The molecule has 1 fully saturated rings. The van der Waals surface area contributed by atoms with Crippen molar-refractivity contribution in [2.24, 2.45) is 11.8 Å². The number of nitrogens with zero attached hydrogens (tertiary/aromatic N) is 3. The van der Waals surface area contributed by atoms with Crippen molar-refractivity contribution in [1.29, 1.82) is 5.26 Å². The van der Waals surface area contributed by atoms with Gasteiger partial charge in [-0.1, -0.05) is 25.8 Å². The lowest BCUT2D eigenvalue weighted by atomic mass is 9.83. The smallest absolute Gasteiger partial charge is 0.124 e. The molecule has 0 radical (unpaired) electrons. The second-order valence-electron chi connectivity index (χ2n) is 6.18. The van der Waals surface area contributed by atoms with E-state index in [9.17, 15) is 5.26 Å². The first-order valence-electron chi connectivity index (χ1n) is 7.67. The van der Waals surface area contributed by atoms with Crippen LogP contribution in [0.3, 0.4) is 0 Å². The van der Waals surface area contributed by atoms with E-state index in [0.29, 0.717) is 17.4 Å². The van der Waals surface area contributed by atoms with E-state index in [2.05, 4.69) is 22.5 Å². The van der Waals surface area contributed by atoms with Crippen molar-refractivity contribution in [1.82, 2.24) is 9.55 Å². The van der Waals surface area contributed by atoms with Crippen LogP contribution < -0.4 is 0 Å². The molecule has 0 bridgehead atoms. The molecule has 0 amide bonds. The molecule has 0 aliphatic heterocycles. The number of hydrogen-bond acceptors (Lipinski definition) is 2. The zero-order chi connectivity index (χ0) is 14.8. The van der Waals surface area contributed by atoms with Crippen LogP contribution in [0.2, 0.25) is 0 Å². The van der Waals surface area contributed by atoms with E-state index in [4.69, 9.17) is 11.6 Å². The molecule has 1 aliphatic rings. The Labute approximate surface area is 130 Å². The van der Waals surface area contributed by atoms with Gasteiger partial charge in [-0.25, -0.2) is 4.98 Å². The number of benzene rings is 1. The Morgan fingerprint density at radius 2 is 2.10 bits per heavy atom. The summed E-state index contributed by atoms with van der Waals surface area (Å²) in [5, 5.41) is 9.23. The first-order valence-corrected chi connectivity index (χ1v) is 8.20. The summed E-state index contributed by atoms with van der Waals surface area (Å²) in [6.07, 6.45) is 5.19. The first-order chi connectivity index (χ1) is 10.2. The molecule has 3 rings (SSSR count). The summed E-state index contributed by atoms with van der Waals surface area (Å²) in [6, 6.07) is 8.02.